The molecule has 8 heteroatoms. The van der Waals surface area contributed by atoms with Gasteiger partial charge in [-0.3, -0.25) is 4.57 Å². The van der Waals surface area contributed by atoms with Gasteiger partial charge in [-0.2, -0.15) is 0 Å². The lowest BCUT2D eigenvalue weighted by molar-refractivity contribution is 0.574. The quantitative estimate of drug-likeness (QED) is 0.638. The monoisotopic (exact) mass is 375 g/mol. The van der Waals surface area contributed by atoms with Crippen molar-refractivity contribution in [1.82, 2.24) is 9.55 Å². The van der Waals surface area contributed by atoms with E-state index < -0.39 is 17.5 Å². The predicted octanol–water partition coefficient (Wildman–Crippen LogP) is 4.44. The van der Waals surface area contributed by atoms with Crippen molar-refractivity contribution < 1.29 is 13.2 Å². The lowest BCUT2D eigenvalue weighted by atomic mass is 10.2. The van der Waals surface area contributed by atoms with E-state index in [1.807, 2.05) is 0 Å². The third-order valence-electron chi connectivity index (χ3n) is 2.95. The van der Waals surface area contributed by atoms with Gasteiger partial charge < -0.3 is 5.73 Å². The largest absolute Gasteiger partial charge is 0.369 e. The van der Waals surface area contributed by atoms with E-state index in [1.165, 1.54) is 16.7 Å². The van der Waals surface area contributed by atoms with E-state index in [-0.39, 0.29) is 26.6 Å². The third-order valence-corrected chi connectivity index (χ3v) is 3.85. The molecule has 3 aromatic rings. The van der Waals surface area contributed by atoms with Crippen LogP contribution >= 0.6 is 27.5 Å². The van der Waals surface area contributed by atoms with Crippen molar-refractivity contribution in [3.63, 3.8) is 0 Å². The SMILES string of the molecule is Nc1nc2cc(Cl)c(F)cc2n1-c1cc(Br)c(F)cc1F. The average molecular weight is 377 g/mol. The zero-order valence-corrected chi connectivity index (χ0v) is 12.5. The number of nitrogens with zero attached hydrogens (tertiary/aromatic N) is 2. The molecule has 0 aliphatic carbocycles. The Bertz CT molecular complexity index is 879. The van der Waals surface area contributed by atoms with Crippen molar-refractivity contribution in [1.29, 1.82) is 0 Å². The van der Waals surface area contributed by atoms with E-state index in [4.69, 9.17) is 17.3 Å². The number of rotatable bonds is 1. The molecule has 3 nitrogen and oxygen atoms in total. The molecule has 1 heterocycles. The van der Waals surface area contributed by atoms with Crippen LogP contribution in [0.2, 0.25) is 5.02 Å². The van der Waals surface area contributed by atoms with Crippen molar-refractivity contribution in [3.8, 4) is 5.69 Å². The summed E-state index contributed by atoms with van der Waals surface area (Å²) >= 11 is 8.65. The van der Waals surface area contributed by atoms with Gasteiger partial charge >= 0.3 is 0 Å². The molecule has 0 bridgehead atoms. The number of benzene rings is 2. The fourth-order valence-electron chi connectivity index (χ4n) is 2.03. The smallest absolute Gasteiger partial charge is 0.206 e. The van der Waals surface area contributed by atoms with Crippen LogP contribution in [0, 0.1) is 17.5 Å². The van der Waals surface area contributed by atoms with Crippen molar-refractivity contribution in [2.24, 2.45) is 0 Å². The van der Waals surface area contributed by atoms with Crippen molar-refractivity contribution in [2.75, 3.05) is 5.73 Å². The molecule has 0 aliphatic rings. The van der Waals surface area contributed by atoms with Gasteiger partial charge in [-0.15, -0.1) is 0 Å². The molecule has 0 aliphatic heterocycles. The molecular formula is C13H6BrClF3N3. The van der Waals surface area contributed by atoms with E-state index in [1.54, 1.807) is 0 Å². The number of hydrogen-bond acceptors (Lipinski definition) is 2. The Morgan fingerprint density at radius 3 is 2.48 bits per heavy atom. The normalized spacial score (nSPS) is 11.3. The third kappa shape index (κ3) is 2.26. The standard InChI is InChI=1S/C13H6BrClF3N3/c14-5-1-11(9(18)3-7(5)16)21-12-4-8(17)6(15)2-10(12)20-13(21)19/h1-4H,(H2,19,20). The van der Waals surface area contributed by atoms with E-state index in [0.717, 1.165) is 6.07 Å². The summed E-state index contributed by atoms with van der Waals surface area (Å²) in [5.41, 5.74) is 6.24. The van der Waals surface area contributed by atoms with Crippen molar-refractivity contribution in [2.45, 2.75) is 0 Å². The topological polar surface area (TPSA) is 43.8 Å². The fourth-order valence-corrected chi connectivity index (χ4v) is 2.52. The van der Waals surface area contributed by atoms with Crippen LogP contribution in [0.25, 0.3) is 16.7 Å². The van der Waals surface area contributed by atoms with Crippen molar-refractivity contribution >= 4 is 44.5 Å². The van der Waals surface area contributed by atoms with E-state index in [2.05, 4.69) is 20.9 Å². The maximum absolute atomic E-state index is 14.0. The van der Waals surface area contributed by atoms with Gasteiger partial charge in [-0.05, 0) is 28.1 Å². The Morgan fingerprint density at radius 1 is 1.05 bits per heavy atom. The van der Waals surface area contributed by atoms with Gasteiger partial charge in [0.2, 0.25) is 5.95 Å². The molecule has 0 saturated heterocycles. The van der Waals surface area contributed by atoms with E-state index in [0.29, 0.717) is 11.6 Å². The van der Waals surface area contributed by atoms with Crippen LogP contribution < -0.4 is 5.73 Å². The Labute approximate surface area is 130 Å². The Morgan fingerprint density at radius 2 is 1.76 bits per heavy atom. The molecule has 108 valence electrons. The first-order chi connectivity index (χ1) is 9.88. The zero-order chi connectivity index (χ0) is 15.3. The van der Waals surface area contributed by atoms with Gasteiger partial charge in [0, 0.05) is 12.1 Å². The summed E-state index contributed by atoms with van der Waals surface area (Å²) in [6.45, 7) is 0. The highest BCUT2D eigenvalue weighted by Gasteiger charge is 2.17. The van der Waals surface area contributed by atoms with Crippen LogP contribution in [0.5, 0.6) is 0 Å². The number of hydrogen-bond donors (Lipinski definition) is 1. The number of nitrogen functional groups attached to an aromatic ring is 1. The summed E-state index contributed by atoms with van der Waals surface area (Å²) in [6.07, 6.45) is 0. The number of halogens is 5. The van der Waals surface area contributed by atoms with Crippen LogP contribution in [0.3, 0.4) is 0 Å². The molecule has 2 aromatic carbocycles. The molecule has 0 unspecified atom stereocenters. The van der Waals surface area contributed by atoms with Crippen LogP contribution in [0.15, 0.2) is 28.7 Å². The van der Waals surface area contributed by atoms with Crippen LogP contribution in [0.1, 0.15) is 0 Å². The highest BCUT2D eigenvalue weighted by atomic mass is 79.9. The Kier molecular flexibility index (Phi) is 3.33. The average Bonchev–Trinajstić information content (AvgIpc) is 2.70. The van der Waals surface area contributed by atoms with Gasteiger partial charge in [-0.1, -0.05) is 11.6 Å². The fraction of sp³-hybridized carbons (Fsp3) is 0. The minimum absolute atomic E-state index is 0.0505. The predicted molar refractivity (Wildman–Crippen MR) is 78.1 cm³/mol. The molecule has 0 radical (unpaired) electrons. The second kappa shape index (κ2) is 4.92. The lowest BCUT2D eigenvalue weighted by Gasteiger charge is -2.09. The molecule has 3 rings (SSSR count). The van der Waals surface area contributed by atoms with Gasteiger partial charge in [0.1, 0.15) is 17.5 Å². The second-order valence-electron chi connectivity index (χ2n) is 4.28. The van der Waals surface area contributed by atoms with Gasteiger partial charge in [0.15, 0.2) is 0 Å². The molecule has 0 saturated carbocycles. The van der Waals surface area contributed by atoms with Crippen LogP contribution in [-0.2, 0) is 0 Å². The van der Waals surface area contributed by atoms with Crippen molar-refractivity contribution in [3.05, 3.63) is 51.2 Å². The molecule has 0 spiro atoms. The molecule has 0 atom stereocenters. The van der Waals surface area contributed by atoms with Crippen LogP contribution in [0.4, 0.5) is 19.1 Å². The highest BCUT2D eigenvalue weighted by Crippen LogP contribution is 2.30. The molecule has 2 N–H and O–H groups in total. The van der Waals surface area contributed by atoms with Gasteiger partial charge in [0.05, 0.1) is 26.2 Å². The summed E-state index contributed by atoms with van der Waals surface area (Å²) < 4.78 is 42.2. The van der Waals surface area contributed by atoms with E-state index >= 15 is 0 Å². The Balaban J connectivity index is 2.37. The van der Waals surface area contributed by atoms with E-state index in [9.17, 15) is 13.2 Å². The number of aromatic nitrogens is 2. The molecular weight excluding hydrogens is 371 g/mol. The van der Waals surface area contributed by atoms with Gasteiger partial charge in [0.25, 0.3) is 0 Å². The summed E-state index contributed by atoms with van der Waals surface area (Å²) in [7, 11) is 0. The number of fused-ring (bicyclic) bond motifs is 1. The number of nitrogens with two attached hydrogens (primary N) is 1. The number of imidazole rings is 1. The first-order valence-electron chi connectivity index (χ1n) is 5.66. The minimum Gasteiger partial charge on any atom is -0.369 e. The Hall–Kier alpha value is -1.73. The maximum atomic E-state index is 14.0. The lowest BCUT2D eigenvalue weighted by Crippen LogP contribution is -2.04. The summed E-state index contributed by atoms with van der Waals surface area (Å²) in [6, 6.07) is 4.29. The summed E-state index contributed by atoms with van der Waals surface area (Å²) in [5.74, 6) is -2.36. The summed E-state index contributed by atoms with van der Waals surface area (Å²) in [4.78, 5) is 4.00. The number of anilines is 1. The minimum atomic E-state index is -0.850. The second-order valence-corrected chi connectivity index (χ2v) is 5.54. The van der Waals surface area contributed by atoms with Crippen LogP contribution in [-0.4, -0.2) is 9.55 Å². The zero-order valence-electron chi connectivity index (χ0n) is 10.2. The summed E-state index contributed by atoms with van der Waals surface area (Å²) in [5, 5.41) is -0.118. The highest BCUT2D eigenvalue weighted by molar-refractivity contribution is 9.10. The molecule has 1 aromatic heterocycles. The first-order valence-corrected chi connectivity index (χ1v) is 6.83. The van der Waals surface area contributed by atoms with Gasteiger partial charge in [-0.25, -0.2) is 18.2 Å². The maximum Gasteiger partial charge on any atom is 0.206 e. The first kappa shape index (κ1) is 14.2. The molecule has 21 heavy (non-hydrogen) atoms. The molecule has 0 amide bonds. The molecule has 0 fully saturated rings.